The van der Waals surface area contributed by atoms with Crippen LogP contribution in [0, 0.1) is 5.82 Å². The second-order valence-corrected chi connectivity index (χ2v) is 6.24. The van der Waals surface area contributed by atoms with Crippen molar-refractivity contribution >= 4 is 11.9 Å². The van der Waals surface area contributed by atoms with E-state index in [1.165, 1.54) is 12.1 Å². The van der Waals surface area contributed by atoms with Crippen molar-refractivity contribution in [3.05, 3.63) is 65.5 Å². The van der Waals surface area contributed by atoms with Gasteiger partial charge in [0.2, 0.25) is 0 Å². The number of carbonyl (C=O) groups excluding carboxylic acids is 1. The highest BCUT2D eigenvalue weighted by molar-refractivity contribution is 5.94. The van der Waals surface area contributed by atoms with Gasteiger partial charge in [0, 0.05) is 25.2 Å². The Morgan fingerprint density at radius 2 is 1.96 bits per heavy atom. The fourth-order valence-electron chi connectivity index (χ4n) is 2.52. The fraction of sp³-hybridized carbons (Fsp3) is 0.333. The van der Waals surface area contributed by atoms with Crippen molar-refractivity contribution in [2.45, 2.75) is 26.5 Å². The number of aliphatic imine (C=N–C) groups is 1. The Kier molecular flexibility index (Phi) is 8.27. The summed E-state index contributed by atoms with van der Waals surface area (Å²) in [7, 11) is 1.60. The molecular weight excluding hydrogens is 359 g/mol. The lowest BCUT2D eigenvalue weighted by atomic mass is 10.1. The lowest BCUT2D eigenvalue weighted by molar-refractivity contribution is 0.0963. The highest BCUT2D eigenvalue weighted by Crippen LogP contribution is 2.13. The number of halogens is 1. The van der Waals surface area contributed by atoms with Gasteiger partial charge in [-0.2, -0.15) is 0 Å². The third-order valence-electron chi connectivity index (χ3n) is 3.87. The van der Waals surface area contributed by atoms with E-state index in [4.69, 9.17) is 4.74 Å². The zero-order valence-corrected chi connectivity index (χ0v) is 16.5. The molecule has 2 aromatic rings. The zero-order valence-electron chi connectivity index (χ0n) is 16.5. The van der Waals surface area contributed by atoms with E-state index in [0.29, 0.717) is 36.9 Å². The van der Waals surface area contributed by atoms with Crippen LogP contribution in [-0.2, 0) is 6.54 Å². The van der Waals surface area contributed by atoms with Gasteiger partial charge in [-0.1, -0.05) is 18.2 Å². The second kappa shape index (κ2) is 10.9. The number of benzene rings is 2. The van der Waals surface area contributed by atoms with Gasteiger partial charge in [0.1, 0.15) is 17.7 Å². The summed E-state index contributed by atoms with van der Waals surface area (Å²) in [4.78, 5) is 16.3. The molecule has 150 valence electrons. The first-order valence-corrected chi connectivity index (χ1v) is 9.27. The van der Waals surface area contributed by atoms with Crippen LogP contribution in [0.3, 0.4) is 0 Å². The Bertz CT molecular complexity index is 810. The molecule has 0 saturated heterocycles. The summed E-state index contributed by atoms with van der Waals surface area (Å²) in [5.41, 5.74) is 1.53. The summed E-state index contributed by atoms with van der Waals surface area (Å²) < 4.78 is 19.0. The van der Waals surface area contributed by atoms with Crippen LogP contribution in [0.15, 0.2) is 53.5 Å². The summed E-state index contributed by atoms with van der Waals surface area (Å²) in [5, 5.41) is 9.00. The molecule has 2 aromatic carbocycles. The molecule has 0 aliphatic carbocycles. The molecule has 0 saturated carbocycles. The Balaban J connectivity index is 1.93. The van der Waals surface area contributed by atoms with E-state index in [0.717, 1.165) is 5.56 Å². The summed E-state index contributed by atoms with van der Waals surface area (Å²) in [6.45, 7) is 5.52. The van der Waals surface area contributed by atoms with Gasteiger partial charge in [-0.25, -0.2) is 9.38 Å². The first-order valence-electron chi connectivity index (χ1n) is 9.27. The summed E-state index contributed by atoms with van der Waals surface area (Å²) in [5.74, 6) is 0.676. The maximum atomic E-state index is 13.2. The minimum atomic E-state index is -0.327. The number of amides is 1. The maximum Gasteiger partial charge on any atom is 0.251 e. The predicted molar refractivity (Wildman–Crippen MR) is 109 cm³/mol. The van der Waals surface area contributed by atoms with Gasteiger partial charge in [0.15, 0.2) is 5.96 Å². The molecule has 0 heterocycles. The molecule has 0 radical (unpaired) electrons. The van der Waals surface area contributed by atoms with E-state index < -0.39 is 0 Å². The van der Waals surface area contributed by atoms with Crippen LogP contribution >= 0.6 is 0 Å². The Labute approximate surface area is 165 Å². The fourth-order valence-corrected chi connectivity index (χ4v) is 2.52. The number of ether oxygens (including phenoxy) is 1. The Hall–Kier alpha value is -3.09. The van der Waals surface area contributed by atoms with Crippen LogP contribution in [-0.4, -0.2) is 38.1 Å². The van der Waals surface area contributed by atoms with E-state index in [1.807, 2.05) is 32.0 Å². The van der Waals surface area contributed by atoms with Crippen molar-refractivity contribution in [1.82, 2.24) is 16.0 Å². The summed E-state index contributed by atoms with van der Waals surface area (Å²) in [6, 6.07) is 13.4. The number of guanidine groups is 1. The molecule has 0 fully saturated rings. The van der Waals surface area contributed by atoms with Gasteiger partial charge < -0.3 is 20.7 Å². The average molecular weight is 386 g/mol. The first-order chi connectivity index (χ1) is 13.5. The molecule has 0 aliphatic rings. The molecule has 7 heteroatoms. The quantitative estimate of drug-likeness (QED) is 0.482. The van der Waals surface area contributed by atoms with Gasteiger partial charge in [0.05, 0.1) is 13.1 Å². The van der Waals surface area contributed by atoms with Crippen molar-refractivity contribution in [3.8, 4) is 5.75 Å². The molecule has 0 aromatic heterocycles. The topological polar surface area (TPSA) is 74.8 Å². The van der Waals surface area contributed by atoms with Crippen molar-refractivity contribution < 1.29 is 13.9 Å². The van der Waals surface area contributed by atoms with Crippen LogP contribution in [0.25, 0.3) is 0 Å². The molecule has 1 atom stereocenters. The molecular formula is C21H27FN4O2. The van der Waals surface area contributed by atoms with Crippen LogP contribution in [0.2, 0.25) is 0 Å². The van der Waals surface area contributed by atoms with Crippen molar-refractivity contribution in [3.63, 3.8) is 0 Å². The number of nitrogens with one attached hydrogen (secondary N) is 3. The van der Waals surface area contributed by atoms with E-state index in [1.54, 1.807) is 25.2 Å². The number of carbonyl (C=O) groups is 1. The highest BCUT2D eigenvalue weighted by atomic mass is 19.1. The van der Waals surface area contributed by atoms with E-state index >= 15 is 0 Å². The highest BCUT2D eigenvalue weighted by Gasteiger charge is 2.07. The molecule has 1 unspecified atom stereocenters. The summed E-state index contributed by atoms with van der Waals surface area (Å²) >= 11 is 0. The van der Waals surface area contributed by atoms with Gasteiger partial charge in [-0.05, 0) is 43.7 Å². The third-order valence-corrected chi connectivity index (χ3v) is 3.87. The van der Waals surface area contributed by atoms with Crippen LogP contribution < -0.4 is 20.7 Å². The Morgan fingerprint density at radius 1 is 1.18 bits per heavy atom. The minimum Gasteiger partial charge on any atom is -0.489 e. The number of rotatable bonds is 8. The van der Waals surface area contributed by atoms with Gasteiger partial charge in [0.25, 0.3) is 5.91 Å². The van der Waals surface area contributed by atoms with E-state index in [2.05, 4.69) is 20.9 Å². The lowest BCUT2D eigenvalue weighted by Gasteiger charge is -2.17. The molecule has 2 rings (SSSR count). The normalized spacial score (nSPS) is 12.2. The van der Waals surface area contributed by atoms with Crippen LogP contribution in [0.1, 0.15) is 29.8 Å². The standard InChI is InChI=1S/C21H27FN4O2/c1-4-24-21(25-13-15(2)28-19-10-6-9-18(22)12-19)26-14-16-7-5-8-17(11-16)20(27)23-3/h5-12,15H,4,13-14H2,1-3H3,(H,23,27)(H2,24,25,26). The number of hydrogen-bond acceptors (Lipinski definition) is 3. The van der Waals surface area contributed by atoms with Crippen molar-refractivity contribution in [2.75, 3.05) is 20.1 Å². The monoisotopic (exact) mass is 386 g/mol. The smallest absolute Gasteiger partial charge is 0.251 e. The lowest BCUT2D eigenvalue weighted by Crippen LogP contribution is -2.41. The van der Waals surface area contributed by atoms with Crippen LogP contribution in [0.5, 0.6) is 5.75 Å². The number of hydrogen-bond donors (Lipinski definition) is 3. The second-order valence-electron chi connectivity index (χ2n) is 6.24. The largest absolute Gasteiger partial charge is 0.489 e. The molecule has 0 bridgehead atoms. The molecule has 0 aliphatic heterocycles. The van der Waals surface area contributed by atoms with E-state index in [9.17, 15) is 9.18 Å². The maximum absolute atomic E-state index is 13.2. The third kappa shape index (κ3) is 6.90. The summed E-state index contributed by atoms with van der Waals surface area (Å²) in [6.07, 6.45) is -0.178. The van der Waals surface area contributed by atoms with Gasteiger partial charge >= 0.3 is 0 Å². The number of nitrogens with zero attached hydrogens (tertiary/aromatic N) is 1. The van der Waals surface area contributed by atoms with Crippen molar-refractivity contribution in [2.24, 2.45) is 4.99 Å². The molecule has 3 N–H and O–H groups in total. The van der Waals surface area contributed by atoms with E-state index in [-0.39, 0.29) is 17.8 Å². The molecule has 6 nitrogen and oxygen atoms in total. The SMILES string of the molecule is CCNC(=NCc1cccc(C(=O)NC)c1)NCC(C)Oc1cccc(F)c1. The molecule has 1 amide bonds. The van der Waals surface area contributed by atoms with Crippen LogP contribution in [0.4, 0.5) is 4.39 Å². The van der Waals surface area contributed by atoms with Crippen molar-refractivity contribution in [1.29, 1.82) is 0 Å². The predicted octanol–water partition coefficient (Wildman–Crippen LogP) is 2.71. The molecule has 28 heavy (non-hydrogen) atoms. The zero-order chi connectivity index (χ0) is 20.4. The first kappa shape index (κ1) is 21.2. The Morgan fingerprint density at radius 3 is 2.68 bits per heavy atom. The average Bonchev–Trinajstić information content (AvgIpc) is 2.69. The molecule has 0 spiro atoms. The van der Waals surface area contributed by atoms with Gasteiger partial charge in [-0.3, -0.25) is 4.79 Å². The minimum absolute atomic E-state index is 0.126. The van der Waals surface area contributed by atoms with Gasteiger partial charge in [-0.15, -0.1) is 0 Å².